The molecule has 0 radical (unpaired) electrons. The minimum Gasteiger partial charge on any atom is -0.493 e. The van der Waals surface area contributed by atoms with Crippen LogP contribution in [0, 0.1) is 6.92 Å². The average molecular weight is 466 g/mol. The predicted molar refractivity (Wildman–Crippen MR) is 141 cm³/mol. The molecule has 6 rings (SSSR count). The van der Waals surface area contributed by atoms with Gasteiger partial charge < -0.3 is 10.1 Å². The van der Waals surface area contributed by atoms with Crippen molar-refractivity contribution in [3.8, 4) is 16.9 Å². The van der Waals surface area contributed by atoms with Crippen molar-refractivity contribution in [2.24, 2.45) is 0 Å². The maximum Gasteiger partial charge on any atom is 0.131 e. The van der Waals surface area contributed by atoms with Gasteiger partial charge in [0.2, 0.25) is 0 Å². The van der Waals surface area contributed by atoms with Crippen LogP contribution in [0.15, 0.2) is 66.9 Å². The number of hydrogen-bond donors (Lipinski definition) is 1. The van der Waals surface area contributed by atoms with Gasteiger partial charge in [-0.25, -0.2) is 4.98 Å². The van der Waals surface area contributed by atoms with Gasteiger partial charge in [-0.3, -0.25) is 4.98 Å². The van der Waals surface area contributed by atoms with Gasteiger partial charge in [0.25, 0.3) is 0 Å². The minimum absolute atomic E-state index is 0.712. The smallest absolute Gasteiger partial charge is 0.131 e. The molecule has 0 aliphatic carbocycles. The zero-order valence-electron chi connectivity index (χ0n) is 19.2. The van der Waals surface area contributed by atoms with Crippen LogP contribution in [0.3, 0.4) is 0 Å². The van der Waals surface area contributed by atoms with Crippen molar-refractivity contribution in [1.82, 2.24) is 9.97 Å². The molecule has 4 nitrogen and oxygen atoms in total. The van der Waals surface area contributed by atoms with Crippen molar-refractivity contribution in [2.45, 2.75) is 26.7 Å². The van der Waals surface area contributed by atoms with E-state index in [1.54, 1.807) is 0 Å². The Morgan fingerprint density at radius 1 is 1.03 bits per heavy atom. The molecular weight excluding hydrogens is 442 g/mol. The molecule has 5 aromatic rings. The molecule has 3 heterocycles. The van der Waals surface area contributed by atoms with Crippen LogP contribution in [-0.2, 0) is 12.8 Å². The summed E-state index contributed by atoms with van der Waals surface area (Å²) in [7, 11) is 0. The van der Waals surface area contributed by atoms with E-state index in [9.17, 15) is 0 Å². The number of aromatic nitrogens is 2. The number of ether oxygens (including phenoxy) is 1. The van der Waals surface area contributed by atoms with Crippen LogP contribution >= 0.6 is 11.6 Å². The lowest BCUT2D eigenvalue weighted by Crippen LogP contribution is -2.09. The Bertz CT molecular complexity index is 1550. The Kier molecular flexibility index (Phi) is 5.11. The van der Waals surface area contributed by atoms with E-state index in [0.29, 0.717) is 11.6 Å². The molecule has 1 N–H and O–H groups in total. The van der Waals surface area contributed by atoms with Crippen molar-refractivity contribution in [3.05, 3.63) is 88.6 Å². The summed E-state index contributed by atoms with van der Waals surface area (Å²) in [4.78, 5) is 9.80. The molecule has 3 aromatic carbocycles. The van der Waals surface area contributed by atoms with Gasteiger partial charge in [-0.05, 0) is 96.3 Å². The Balaban J connectivity index is 1.56. The van der Waals surface area contributed by atoms with Crippen LogP contribution in [0.4, 0.5) is 11.5 Å². The van der Waals surface area contributed by atoms with Crippen LogP contribution in [0.5, 0.6) is 5.75 Å². The summed E-state index contributed by atoms with van der Waals surface area (Å²) >= 11 is 6.03. The minimum atomic E-state index is 0.712. The maximum atomic E-state index is 6.03. The highest BCUT2D eigenvalue weighted by molar-refractivity contribution is 6.30. The molecular formula is C29H24ClN3O. The van der Waals surface area contributed by atoms with Crippen molar-refractivity contribution in [1.29, 1.82) is 0 Å². The topological polar surface area (TPSA) is 47.0 Å². The van der Waals surface area contributed by atoms with E-state index in [4.69, 9.17) is 26.3 Å². The summed E-state index contributed by atoms with van der Waals surface area (Å²) in [5, 5.41) is 6.37. The van der Waals surface area contributed by atoms with Crippen LogP contribution < -0.4 is 10.1 Å². The van der Waals surface area contributed by atoms with Gasteiger partial charge in [0, 0.05) is 39.7 Å². The number of pyridine rings is 2. The maximum absolute atomic E-state index is 6.03. The third-order valence-corrected chi connectivity index (χ3v) is 6.89. The number of hydrogen-bond acceptors (Lipinski definition) is 4. The molecule has 0 saturated carbocycles. The third kappa shape index (κ3) is 3.46. The number of nitrogens with zero attached hydrogens (tertiary/aromatic N) is 2. The van der Waals surface area contributed by atoms with Gasteiger partial charge in [-0.1, -0.05) is 18.5 Å². The lowest BCUT2D eigenvalue weighted by Gasteiger charge is -2.21. The summed E-state index contributed by atoms with van der Waals surface area (Å²) in [6, 6.07) is 20.4. The van der Waals surface area contributed by atoms with Crippen molar-refractivity contribution in [2.75, 3.05) is 11.9 Å². The van der Waals surface area contributed by atoms with Gasteiger partial charge in [0.1, 0.15) is 11.6 Å². The van der Waals surface area contributed by atoms with Crippen molar-refractivity contribution in [3.63, 3.8) is 0 Å². The first-order chi connectivity index (χ1) is 16.6. The number of aryl methyl sites for hydroxylation is 1. The summed E-state index contributed by atoms with van der Waals surface area (Å²) < 4.78 is 5.96. The van der Waals surface area contributed by atoms with Crippen LogP contribution in [0.2, 0.25) is 5.02 Å². The standard InChI is InChI=1S/C29H24ClN3O/c1-3-21-17(2)16-24-22(9-11-26(33-24)32-20-6-4-19(30)5-7-20)28(21)23-8-10-25-27-18(13-15-34-25)12-14-31-29(23)27/h4-12,14,16H,3,13,15H2,1-2H3,(H,32,33). The molecule has 0 unspecified atom stereocenters. The molecule has 0 spiro atoms. The summed E-state index contributed by atoms with van der Waals surface area (Å²) in [5.74, 6) is 1.73. The quantitative estimate of drug-likeness (QED) is 0.296. The van der Waals surface area contributed by atoms with Gasteiger partial charge >= 0.3 is 0 Å². The molecule has 2 aromatic heterocycles. The largest absolute Gasteiger partial charge is 0.493 e. The highest BCUT2D eigenvalue weighted by atomic mass is 35.5. The van der Waals surface area contributed by atoms with E-state index in [-0.39, 0.29) is 0 Å². The number of fused-ring (bicyclic) bond motifs is 1. The first kappa shape index (κ1) is 20.9. The second-order valence-electron chi connectivity index (χ2n) is 8.70. The zero-order chi connectivity index (χ0) is 23.2. The molecule has 1 aliphatic rings. The van der Waals surface area contributed by atoms with Crippen LogP contribution in [0.25, 0.3) is 32.9 Å². The Hall–Kier alpha value is -3.63. The molecule has 168 valence electrons. The van der Waals surface area contributed by atoms with Crippen LogP contribution in [-0.4, -0.2) is 16.6 Å². The van der Waals surface area contributed by atoms with E-state index < -0.39 is 0 Å². The first-order valence-electron chi connectivity index (χ1n) is 11.6. The predicted octanol–water partition coefficient (Wildman–Crippen LogP) is 7.65. The fourth-order valence-corrected chi connectivity index (χ4v) is 5.19. The Morgan fingerprint density at radius 3 is 2.71 bits per heavy atom. The molecule has 0 atom stereocenters. The SMILES string of the molecule is CCc1c(C)cc2nc(Nc3ccc(Cl)cc3)ccc2c1-c1ccc2c3c(ccnc13)CCO2. The fourth-order valence-electron chi connectivity index (χ4n) is 5.07. The normalized spacial score (nSPS) is 12.7. The molecule has 1 aliphatic heterocycles. The average Bonchev–Trinajstić information content (AvgIpc) is 2.85. The monoisotopic (exact) mass is 465 g/mol. The first-order valence-corrected chi connectivity index (χ1v) is 12.0. The second-order valence-corrected chi connectivity index (χ2v) is 9.14. The summed E-state index contributed by atoms with van der Waals surface area (Å²) in [5.41, 5.74) is 9.12. The number of halogens is 1. The lowest BCUT2D eigenvalue weighted by atomic mass is 9.88. The van der Waals surface area contributed by atoms with Crippen LogP contribution in [0.1, 0.15) is 23.6 Å². The van der Waals surface area contributed by atoms with Gasteiger partial charge in [0.15, 0.2) is 0 Å². The van der Waals surface area contributed by atoms with E-state index in [2.05, 4.69) is 49.5 Å². The molecule has 34 heavy (non-hydrogen) atoms. The summed E-state index contributed by atoms with van der Waals surface area (Å²) in [6.07, 6.45) is 3.76. The molecule has 0 amide bonds. The zero-order valence-corrected chi connectivity index (χ0v) is 19.9. The van der Waals surface area contributed by atoms with E-state index in [0.717, 1.165) is 57.5 Å². The lowest BCUT2D eigenvalue weighted by molar-refractivity contribution is 0.318. The number of rotatable bonds is 4. The summed E-state index contributed by atoms with van der Waals surface area (Å²) in [6.45, 7) is 5.10. The van der Waals surface area contributed by atoms with Crippen molar-refractivity contribution < 1.29 is 4.74 Å². The molecule has 5 heteroatoms. The number of benzene rings is 3. The number of nitrogens with one attached hydrogen (secondary N) is 1. The van der Waals surface area contributed by atoms with Gasteiger partial charge in [0.05, 0.1) is 17.6 Å². The molecule has 0 saturated heterocycles. The van der Waals surface area contributed by atoms with E-state index >= 15 is 0 Å². The fraction of sp³-hybridized carbons (Fsp3) is 0.172. The number of anilines is 2. The van der Waals surface area contributed by atoms with Crippen molar-refractivity contribution >= 4 is 44.9 Å². The van der Waals surface area contributed by atoms with E-state index in [1.807, 2.05) is 36.5 Å². The van der Waals surface area contributed by atoms with Gasteiger partial charge in [-0.15, -0.1) is 0 Å². The third-order valence-electron chi connectivity index (χ3n) is 6.63. The molecule has 0 fully saturated rings. The second kappa shape index (κ2) is 8.30. The Labute approximate surface area is 203 Å². The van der Waals surface area contributed by atoms with Gasteiger partial charge in [-0.2, -0.15) is 0 Å². The molecule has 0 bridgehead atoms. The van der Waals surface area contributed by atoms with E-state index in [1.165, 1.54) is 22.3 Å². The highest BCUT2D eigenvalue weighted by Crippen LogP contribution is 2.42. The Morgan fingerprint density at radius 2 is 1.88 bits per heavy atom. The highest BCUT2D eigenvalue weighted by Gasteiger charge is 2.21.